The van der Waals surface area contributed by atoms with Crippen molar-refractivity contribution in [1.82, 2.24) is 5.32 Å². The molecule has 3 atom stereocenters. The molecular formula is C18H17Cl2NO. The molecular weight excluding hydrogens is 317 g/mol. The van der Waals surface area contributed by atoms with Gasteiger partial charge in [0.1, 0.15) is 0 Å². The van der Waals surface area contributed by atoms with Crippen molar-refractivity contribution in [1.29, 1.82) is 0 Å². The van der Waals surface area contributed by atoms with E-state index < -0.39 is 0 Å². The van der Waals surface area contributed by atoms with Crippen molar-refractivity contribution in [2.75, 3.05) is 0 Å². The highest BCUT2D eigenvalue weighted by molar-refractivity contribution is 6.30. The van der Waals surface area contributed by atoms with E-state index in [4.69, 9.17) is 23.2 Å². The van der Waals surface area contributed by atoms with Crippen LogP contribution in [0, 0.1) is 5.92 Å². The summed E-state index contributed by atoms with van der Waals surface area (Å²) in [4.78, 5) is 12.1. The summed E-state index contributed by atoms with van der Waals surface area (Å²) in [5.74, 6) is 0.290. The maximum absolute atomic E-state index is 12.1. The van der Waals surface area contributed by atoms with Gasteiger partial charge in [0.05, 0.1) is 6.04 Å². The molecule has 0 aliphatic carbocycles. The Hall–Kier alpha value is -1.51. The van der Waals surface area contributed by atoms with Crippen LogP contribution >= 0.6 is 23.2 Å². The Bertz CT molecular complexity index is 684. The first-order valence-corrected chi connectivity index (χ1v) is 8.11. The minimum absolute atomic E-state index is 0.00691. The minimum atomic E-state index is -0.0561. The number of carbonyl (C=O) groups is 1. The molecule has 0 radical (unpaired) electrons. The summed E-state index contributed by atoms with van der Waals surface area (Å²) >= 11 is 12.1. The number of hydrogen-bond donors (Lipinski definition) is 1. The first-order chi connectivity index (χ1) is 10.5. The Morgan fingerprint density at radius 1 is 1.00 bits per heavy atom. The van der Waals surface area contributed by atoms with Crippen LogP contribution in [0.3, 0.4) is 0 Å². The molecule has 114 valence electrons. The number of carbonyl (C=O) groups excluding carboxylic acids is 1. The fraction of sp³-hybridized carbons (Fsp3) is 0.278. The first kappa shape index (κ1) is 15.4. The van der Waals surface area contributed by atoms with Crippen LogP contribution in [0.2, 0.25) is 10.0 Å². The zero-order valence-electron chi connectivity index (χ0n) is 12.2. The van der Waals surface area contributed by atoms with Crippen LogP contribution in [-0.2, 0) is 4.79 Å². The van der Waals surface area contributed by atoms with E-state index in [1.807, 2.05) is 49.4 Å². The fourth-order valence-electron chi connectivity index (χ4n) is 3.07. The molecule has 0 spiro atoms. The van der Waals surface area contributed by atoms with Gasteiger partial charge in [-0.15, -0.1) is 0 Å². The Morgan fingerprint density at radius 2 is 1.73 bits per heavy atom. The monoisotopic (exact) mass is 333 g/mol. The quantitative estimate of drug-likeness (QED) is 0.825. The highest BCUT2D eigenvalue weighted by Crippen LogP contribution is 2.40. The molecule has 1 fully saturated rings. The summed E-state index contributed by atoms with van der Waals surface area (Å²) in [5, 5.41) is 4.56. The summed E-state index contributed by atoms with van der Waals surface area (Å²) < 4.78 is 0. The summed E-state index contributed by atoms with van der Waals surface area (Å²) in [6.07, 6.45) is 0.805. The summed E-state index contributed by atoms with van der Waals surface area (Å²) in [6, 6.07) is 15.5. The third kappa shape index (κ3) is 3.13. The van der Waals surface area contributed by atoms with E-state index in [9.17, 15) is 4.79 Å². The van der Waals surface area contributed by atoms with Gasteiger partial charge >= 0.3 is 0 Å². The molecule has 0 bridgehead atoms. The van der Waals surface area contributed by atoms with Gasteiger partial charge in [0, 0.05) is 21.9 Å². The number of hydrogen-bond acceptors (Lipinski definition) is 1. The molecule has 2 aromatic rings. The highest BCUT2D eigenvalue weighted by atomic mass is 35.5. The average molecular weight is 334 g/mol. The summed E-state index contributed by atoms with van der Waals surface area (Å²) in [6.45, 7) is 1.96. The molecule has 0 aromatic heterocycles. The molecule has 1 N–H and O–H groups in total. The second-order valence-electron chi connectivity index (χ2n) is 5.84. The first-order valence-electron chi connectivity index (χ1n) is 7.36. The van der Waals surface area contributed by atoms with E-state index in [-0.39, 0.29) is 23.8 Å². The normalized spacial score (nSPS) is 24.9. The minimum Gasteiger partial charge on any atom is -0.348 e. The molecule has 2 aromatic carbocycles. The van der Waals surface area contributed by atoms with Gasteiger partial charge in [-0.1, -0.05) is 54.4 Å². The maximum Gasteiger partial charge on any atom is 0.223 e. The number of amides is 1. The molecule has 3 unspecified atom stereocenters. The Kier molecular flexibility index (Phi) is 4.42. The SMILES string of the molecule is CC1CC(c2cccc(Cl)c2)C(c2ccc(Cl)cc2)NC1=O. The maximum atomic E-state index is 12.1. The van der Waals surface area contributed by atoms with E-state index >= 15 is 0 Å². The molecule has 4 heteroatoms. The van der Waals surface area contributed by atoms with Crippen LogP contribution in [0.25, 0.3) is 0 Å². The Morgan fingerprint density at radius 3 is 2.41 bits per heavy atom. The predicted molar refractivity (Wildman–Crippen MR) is 90.3 cm³/mol. The van der Waals surface area contributed by atoms with Gasteiger partial charge in [-0.2, -0.15) is 0 Å². The van der Waals surface area contributed by atoms with Crippen LogP contribution in [0.15, 0.2) is 48.5 Å². The van der Waals surface area contributed by atoms with Crippen molar-refractivity contribution in [3.8, 4) is 0 Å². The number of halogens is 2. The predicted octanol–water partition coefficient (Wildman–Crippen LogP) is 4.97. The smallest absolute Gasteiger partial charge is 0.223 e. The molecule has 1 aliphatic heterocycles. The lowest BCUT2D eigenvalue weighted by molar-refractivity contribution is -0.127. The lowest BCUT2D eigenvalue weighted by Crippen LogP contribution is -2.42. The van der Waals surface area contributed by atoms with Gasteiger partial charge in [-0.3, -0.25) is 4.79 Å². The van der Waals surface area contributed by atoms with Crippen molar-refractivity contribution < 1.29 is 4.79 Å². The van der Waals surface area contributed by atoms with Crippen LogP contribution in [-0.4, -0.2) is 5.91 Å². The highest BCUT2D eigenvalue weighted by Gasteiger charge is 2.35. The molecule has 3 rings (SSSR count). The third-order valence-electron chi connectivity index (χ3n) is 4.26. The molecule has 1 saturated heterocycles. The van der Waals surface area contributed by atoms with E-state index in [1.165, 1.54) is 0 Å². The summed E-state index contributed by atoms with van der Waals surface area (Å²) in [7, 11) is 0. The van der Waals surface area contributed by atoms with Gasteiger partial charge in [0.25, 0.3) is 0 Å². The van der Waals surface area contributed by atoms with Crippen molar-refractivity contribution in [3.05, 3.63) is 69.7 Å². The Balaban J connectivity index is 1.99. The lowest BCUT2D eigenvalue weighted by Gasteiger charge is -2.36. The summed E-state index contributed by atoms with van der Waals surface area (Å²) in [5.41, 5.74) is 2.22. The zero-order chi connectivity index (χ0) is 15.7. The Labute approximate surface area is 140 Å². The zero-order valence-corrected chi connectivity index (χ0v) is 13.7. The molecule has 1 heterocycles. The van der Waals surface area contributed by atoms with Crippen LogP contribution in [0.1, 0.15) is 36.4 Å². The van der Waals surface area contributed by atoms with Crippen molar-refractivity contribution in [3.63, 3.8) is 0 Å². The number of benzene rings is 2. The molecule has 1 amide bonds. The van der Waals surface area contributed by atoms with Crippen LogP contribution < -0.4 is 5.32 Å². The van der Waals surface area contributed by atoms with E-state index in [2.05, 4.69) is 11.4 Å². The molecule has 2 nitrogen and oxygen atoms in total. The van der Waals surface area contributed by atoms with Gasteiger partial charge < -0.3 is 5.32 Å². The van der Waals surface area contributed by atoms with Gasteiger partial charge in [0.15, 0.2) is 0 Å². The van der Waals surface area contributed by atoms with E-state index in [0.717, 1.165) is 22.6 Å². The van der Waals surface area contributed by atoms with Crippen molar-refractivity contribution in [2.45, 2.75) is 25.3 Å². The average Bonchev–Trinajstić information content (AvgIpc) is 2.50. The molecule has 0 saturated carbocycles. The second kappa shape index (κ2) is 6.31. The fourth-order valence-corrected chi connectivity index (χ4v) is 3.40. The van der Waals surface area contributed by atoms with E-state index in [1.54, 1.807) is 0 Å². The number of nitrogens with one attached hydrogen (secondary N) is 1. The van der Waals surface area contributed by atoms with Crippen molar-refractivity contribution >= 4 is 29.1 Å². The largest absolute Gasteiger partial charge is 0.348 e. The van der Waals surface area contributed by atoms with E-state index in [0.29, 0.717) is 5.02 Å². The number of piperidine rings is 1. The van der Waals surface area contributed by atoms with Gasteiger partial charge in [-0.05, 0) is 41.8 Å². The van der Waals surface area contributed by atoms with Crippen LogP contribution in [0.4, 0.5) is 0 Å². The van der Waals surface area contributed by atoms with Crippen LogP contribution in [0.5, 0.6) is 0 Å². The molecule has 22 heavy (non-hydrogen) atoms. The second-order valence-corrected chi connectivity index (χ2v) is 6.71. The van der Waals surface area contributed by atoms with Crippen molar-refractivity contribution in [2.24, 2.45) is 5.92 Å². The van der Waals surface area contributed by atoms with Gasteiger partial charge in [-0.25, -0.2) is 0 Å². The van der Waals surface area contributed by atoms with Gasteiger partial charge in [0.2, 0.25) is 5.91 Å². The standard InChI is InChI=1S/C18H17Cl2NO/c1-11-9-16(13-3-2-4-15(20)10-13)17(21-18(11)22)12-5-7-14(19)8-6-12/h2-8,10-11,16-17H,9H2,1H3,(H,21,22). The topological polar surface area (TPSA) is 29.1 Å². The number of rotatable bonds is 2. The molecule has 1 aliphatic rings. The third-order valence-corrected chi connectivity index (χ3v) is 4.75. The lowest BCUT2D eigenvalue weighted by atomic mass is 9.78.